The van der Waals surface area contributed by atoms with Gasteiger partial charge in [-0.15, -0.1) is 0 Å². The van der Waals surface area contributed by atoms with Crippen LogP contribution in [0.4, 0.5) is 0 Å². The molecule has 142 valence electrons. The molecule has 0 radical (unpaired) electrons. The number of benzene rings is 1. The molecule has 7 heteroatoms. The number of aliphatic hydroxyl groups excluding tert-OH is 1. The van der Waals surface area contributed by atoms with E-state index < -0.39 is 30.5 Å². The second-order valence-electron chi connectivity index (χ2n) is 7.01. The molecule has 4 unspecified atom stereocenters. The van der Waals surface area contributed by atoms with Crippen molar-refractivity contribution in [2.24, 2.45) is 10.9 Å². The van der Waals surface area contributed by atoms with Gasteiger partial charge < -0.3 is 24.2 Å². The van der Waals surface area contributed by atoms with Crippen LogP contribution < -0.4 is 0 Å². The summed E-state index contributed by atoms with van der Waals surface area (Å²) in [6.45, 7) is 3.89. The second kappa shape index (κ2) is 7.84. The van der Waals surface area contributed by atoms with Crippen molar-refractivity contribution in [2.75, 3.05) is 20.7 Å². The number of aliphatic imine (C=N–C) groups is 1. The lowest BCUT2D eigenvalue weighted by molar-refractivity contribution is -0.313. The van der Waals surface area contributed by atoms with Crippen molar-refractivity contribution < 1.29 is 24.1 Å². The first kappa shape index (κ1) is 19.0. The number of amides is 1. The van der Waals surface area contributed by atoms with Gasteiger partial charge in [0.2, 0.25) is 0 Å². The number of aliphatic hydroxyl groups is 1. The second-order valence-corrected chi connectivity index (χ2v) is 7.01. The van der Waals surface area contributed by atoms with E-state index in [9.17, 15) is 9.90 Å². The van der Waals surface area contributed by atoms with Crippen molar-refractivity contribution in [3.8, 4) is 0 Å². The molecule has 2 saturated heterocycles. The maximum atomic E-state index is 12.4. The predicted octanol–water partition coefficient (Wildman–Crippen LogP) is 1.37. The van der Waals surface area contributed by atoms with Crippen molar-refractivity contribution in [3.05, 3.63) is 35.9 Å². The highest BCUT2D eigenvalue weighted by Gasteiger charge is 2.49. The molecule has 1 aromatic rings. The minimum Gasteiger partial charge on any atom is -0.389 e. The molecule has 2 aliphatic heterocycles. The third kappa shape index (κ3) is 3.81. The summed E-state index contributed by atoms with van der Waals surface area (Å²) in [5, 5.41) is 10.6. The molecule has 0 saturated carbocycles. The Balaban J connectivity index is 1.72. The summed E-state index contributed by atoms with van der Waals surface area (Å²) in [5.41, 5.74) is 0.914. The molecule has 3 rings (SSSR count). The van der Waals surface area contributed by atoms with Crippen LogP contribution in [0.2, 0.25) is 0 Å². The number of fused-ring (bicyclic) bond motifs is 1. The number of hydrogen-bond donors (Lipinski definition) is 1. The first-order valence-electron chi connectivity index (χ1n) is 8.80. The van der Waals surface area contributed by atoms with Crippen molar-refractivity contribution in [1.82, 2.24) is 4.90 Å². The van der Waals surface area contributed by atoms with Crippen molar-refractivity contribution in [2.45, 2.75) is 44.6 Å². The Labute approximate surface area is 153 Å². The Morgan fingerprint density at radius 1 is 1.23 bits per heavy atom. The quantitative estimate of drug-likeness (QED) is 0.632. The molecular formula is C19H26N2O5. The molecule has 7 nitrogen and oxygen atoms in total. The molecule has 0 bridgehead atoms. The zero-order valence-corrected chi connectivity index (χ0v) is 15.5. The smallest absolute Gasteiger partial charge is 0.279 e. The van der Waals surface area contributed by atoms with E-state index in [1.165, 1.54) is 0 Å². The van der Waals surface area contributed by atoms with Crippen molar-refractivity contribution in [1.29, 1.82) is 0 Å². The minimum atomic E-state index is -1.01. The van der Waals surface area contributed by atoms with Gasteiger partial charge in [-0.05, 0) is 6.92 Å². The summed E-state index contributed by atoms with van der Waals surface area (Å²) in [5.74, 6) is -0.215. The van der Waals surface area contributed by atoms with Gasteiger partial charge in [0.25, 0.3) is 5.91 Å². The van der Waals surface area contributed by atoms with Crippen LogP contribution in [0.5, 0.6) is 0 Å². The Bertz CT molecular complexity index is 661. The van der Waals surface area contributed by atoms with E-state index in [1.807, 2.05) is 37.3 Å². The topological polar surface area (TPSA) is 80.6 Å². The van der Waals surface area contributed by atoms with Gasteiger partial charge in [0.15, 0.2) is 12.4 Å². The van der Waals surface area contributed by atoms with Crippen molar-refractivity contribution >= 4 is 11.7 Å². The molecule has 6 atom stereocenters. The number of carbonyl (C=O) groups is 1. The van der Waals surface area contributed by atoms with Gasteiger partial charge in [0, 0.05) is 25.6 Å². The molecule has 0 aromatic heterocycles. The molecular weight excluding hydrogens is 336 g/mol. The average molecular weight is 362 g/mol. The molecule has 1 N–H and O–H groups in total. The zero-order valence-electron chi connectivity index (χ0n) is 15.5. The number of ether oxygens (including phenoxy) is 3. The van der Waals surface area contributed by atoms with E-state index in [-0.39, 0.29) is 12.0 Å². The van der Waals surface area contributed by atoms with E-state index in [0.29, 0.717) is 12.4 Å². The summed E-state index contributed by atoms with van der Waals surface area (Å²) in [7, 11) is 3.60. The maximum Gasteiger partial charge on any atom is 0.279 e. The Kier molecular flexibility index (Phi) is 5.72. The van der Waals surface area contributed by atoms with Gasteiger partial charge in [-0.2, -0.15) is 4.99 Å². The highest BCUT2D eigenvalue weighted by Crippen LogP contribution is 2.37. The third-order valence-corrected chi connectivity index (χ3v) is 4.98. The third-order valence-electron chi connectivity index (χ3n) is 4.98. The normalized spacial score (nSPS) is 34.9. The Morgan fingerprint density at radius 2 is 1.92 bits per heavy atom. The molecule has 0 aliphatic carbocycles. The maximum absolute atomic E-state index is 12.4. The van der Waals surface area contributed by atoms with Gasteiger partial charge in [0.05, 0.1) is 18.8 Å². The number of amidine groups is 1. The monoisotopic (exact) mass is 362 g/mol. The highest BCUT2D eigenvalue weighted by molar-refractivity contribution is 5.95. The average Bonchev–Trinajstić information content (AvgIpc) is 2.64. The fourth-order valence-corrected chi connectivity index (χ4v) is 3.18. The molecule has 0 spiro atoms. The van der Waals surface area contributed by atoms with Gasteiger partial charge in [0.1, 0.15) is 11.9 Å². The minimum absolute atomic E-state index is 0.285. The van der Waals surface area contributed by atoms with Crippen LogP contribution in [0, 0.1) is 5.92 Å². The summed E-state index contributed by atoms with van der Waals surface area (Å²) in [6, 6.07) is 9.63. The fraction of sp³-hybridized carbons (Fsp3) is 0.579. The predicted molar refractivity (Wildman–Crippen MR) is 95.6 cm³/mol. The Hall–Kier alpha value is -1.80. The van der Waals surface area contributed by atoms with E-state index in [4.69, 9.17) is 14.2 Å². The lowest BCUT2D eigenvalue weighted by atomic mass is 9.86. The molecule has 1 aromatic carbocycles. The number of hydrogen-bond acceptors (Lipinski definition) is 5. The molecule has 1 amide bonds. The van der Waals surface area contributed by atoms with Gasteiger partial charge in [-0.3, -0.25) is 4.79 Å². The number of carbonyl (C=O) groups excluding carboxylic acids is 1. The fourth-order valence-electron chi connectivity index (χ4n) is 3.18. The standard InChI is InChI=1S/C19H26N2O5/c1-11-15(22)17(18(23)20-12(2)21(3)4)25-14-10-24-19(26-16(11)14)13-8-6-5-7-9-13/h5-9,11,14-17,19,22H,10H2,1-4H3/t11?,14?,15?,16-,17-,19?/m1/s1. The lowest BCUT2D eigenvalue weighted by Crippen LogP contribution is -2.59. The number of rotatable bonds is 2. The summed E-state index contributed by atoms with van der Waals surface area (Å²) in [4.78, 5) is 18.2. The first-order chi connectivity index (χ1) is 12.4. The summed E-state index contributed by atoms with van der Waals surface area (Å²) < 4.78 is 17.6. The molecule has 2 fully saturated rings. The van der Waals surface area contributed by atoms with E-state index >= 15 is 0 Å². The number of nitrogens with zero attached hydrogens (tertiary/aromatic N) is 2. The van der Waals surface area contributed by atoms with Crippen LogP contribution in [0.3, 0.4) is 0 Å². The highest BCUT2D eigenvalue weighted by atomic mass is 16.7. The SMILES string of the molecule is CC(=NC(=O)[C@@H]1OC2COC(c3ccccc3)O[C@@H]2C(C)C1O)N(C)C. The van der Waals surface area contributed by atoms with Gasteiger partial charge >= 0.3 is 0 Å². The van der Waals surface area contributed by atoms with Crippen LogP contribution >= 0.6 is 0 Å². The zero-order chi connectivity index (χ0) is 18.8. The molecule has 2 heterocycles. The lowest BCUT2D eigenvalue weighted by Gasteiger charge is -2.46. The van der Waals surface area contributed by atoms with Crippen molar-refractivity contribution in [3.63, 3.8) is 0 Å². The first-order valence-corrected chi connectivity index (χ1v) is 8.80. The van der Waals surface area contributed by atoms with Crippen LogP contribution in [-0.4, -0.2) is 66.9 Å². The van der Waals surface area contributed by atoms with Crippen LogP contribution in [0.1, 0.15) is 25.7 Å². The largest absolute Gasteiger partial charge is 0.389 e. The Morgan fingerprint density at radius 3 is 2.58 bits per heavy atom. The van der Waals surface area contributed by atoms with Gasteiger partial charge in [-0.25, -0.2) is 0 Å². The summed E-state index contributed by atoms with van der Waals surface area (Å²) >= 11 is 0. The van der Waals surface area contributed by atoms with Crippen LogP contribution in [-0.2, 0) is 19.0 Å². The van der Waals surface area contributed by atoms with E-state index in [1.54, 1.807) is 25.9 Å². The van der Waals surface area contributed by atoms with E-state index in [2.05, 4.69) is 4.99 Å². The van der Waals surface area contributed by atoms with E-state index in [0.717, 1.165) is 5.56 Å². The van der Waals surface area contributed by atoms with Gasteiger partial charge in [-0.1, -0.05) is 37.3 Å². The molecule has 26 heavy (non-hydrogen) atoms. The van der Waals surface area contributed by atoms with Crippen LogP contribution in [0.15, 0.2) is 35.3 Å². The summed E-state index contributed by atoms with van der Waals surface area (Å²) in [6.07, 6.45) is -3.28. The molecule has 2 aliphatic rings. The van der Waals surface area contributed by atoms with Crippen LogP contribution in [0.25, 0.3) is 0 Å².